The van der Waals surface area contributed by atoms with Crippen LogP contribution >= 0.6 is 0 Å². The molecule has 2 aromatic heterocycles. The van der Waals surface area contributed by atoms with Gasteiger partial charge in [0, 0.05) is 30.9 Å². The first-order chi connectivity index (χ1) is 13.7. The summed E-state index contributed by atoms with van der Waals surface area (Å²) in [5, 5.41) is 10.5. The number of pyridine rings is 1. The van der Waals surface area contributed by atoms with E-state index in [1.165, 1.54) is 12.1 Å². The Hall–Kier alpha value is -3.62. The second kappa shape index (κ2) is 7.95. The van der Waals surface area contributed by atoms with E-state index in [-0.39, 0.29) is 24.4 Å². The molecule has 1 aliphatic heterocycles. The number of carbonyl (C=O) groups excluding carboxylic acids is 1. The Morgan fingerprint density at radius 3 is 2.75 bits per heavy atom. The molecule has 1 N–H and O–H groups in total. The van der Waals surface area contributed by atoms with Crippen LogP contribution in [0.15, 0.2) is 58.5 Å². The summed E-state index contributed by atoms with van der Waals surface area (Å²) in [7, 11) is 0. The molecular formula is C19H16FN5O3. The van der Waals surface area contributed by atoms with E-state index in [2.05, 4.69) is 25.6 Å². The monoisotopic (exact) mass is 381 g/mol. The molecule has 142 valence electrons. The van der Waals surface area contributed by atoms with Crippen LogP contribution < -0.4 is 5.32 Å². The van der Waals surface area contributed by atoms with E-state index in [9.17, 15) is 9.18 Å². The van der Waals surface area contributed by atoms with Crippen molar-refractivity contribution in [1.29, 1.82) is 0 Å². The molecule has 0 saturated heterocycles. The van der Waals surface area contributed by atoms with Gasteiger partial charge in [0.2, 0.25) is 11.7 Å². The number of hydrogen-bond acceptors (Lipinski definition) is 7. The van der Waals surface area contributed by atoms with E-state index in [1.54, 1.807) is 36.7 Å². The molecule has 0 saturated carbocycles. The van der Waals surface area contributed by atoms with Crippen LogP contribution in [-0.2, 0) is 22.6 Å². The molecule has 1 aromatic carbocycles. The van der Waals surface area contributed by atoms with Crippen molar-refractivity contribution in [2.45, 2.75) is 25.5 Å². The zero-order chi connectivity index (χ0) is 19.3. The highest BCUT2D eigenvalue weighted by Gasteiger charge is 2.28. The number of nitrogens with zero attached hydrogens (tertiary/aromatic N) is 4. The fraction of sp³-hybridized carbons (Fsp3) is 0.211. The van der Waals surface area contributed by atoms with E-state index < -0.39 is 0 Å². The van der Waals surface area contributed by atoms with Gasteiger partial charge in [-0.1, -0.05) is 22.4 Å². The molecule has 1 atom stereocenters. The van der Waals surface area contributed by atoms with Gasteiger partial charge in [0.15, 0.2) is 0 Å². The van der Waals surface area contributed by atoms with E-state index in [1.807, 2.05) is 0 Å². The molecule has 28 heavy (non-hydrogen) atoms. The van der Waals surface area contributed by atoms with Crippen LogP contribution in [0.4, 0.5) is 4.39 Å². The number of amides is 1. The molecule has 1 unspecified atom stereocenters. The Labute approximate surface area is 159 Å². The summed E-state index contributed by atoms with van der Waals surface area (Å²) < 4.78 is 18.2. The summed E-state index contributed by atoms with van der Waals surface area (Å²) in [5.74, 6) is 0.225. The van der Waals surface area contributed by atoms with Gasteiger partial charge in [-0.25, -0.2) is 4.39 Å². The van der Waals surface area contributed by atoms with Crippen molar-refractivity contribution >= 4 is 11.6 Å². The molecule has 4 rings (SSSR count). The molecule has 0 radical (unpaired) electrons. The Morgan fingerprint density at radius 1 is 1.18 bits per heavy atom. The van der Waals surface area contributed by atoms with Crippen molar-refractivity contribution in [3.05, 3.63) is 66.1 Å². The minimum atomic E-state index is -0.350. The number of hydrogen-bond donors (Lipinski definition) is 1. The second-order valence-electron chi connectivity index (χ2n) is 6.23. The number of halogens is 1. The minimum Gasteiger partial charge on any atom is -0.391 e. The van der Waals surface area contributed by atoms with Crippen molar-refractivity contribution < 1.29 is 18.5 Å². The first-order valence-electron chi connectivity index (χ1n) is 8.66. The van der Waals surface area contributed by atoms with Crippen LogP contribution in [0, 0.1) is 5.82 Å². The fourth-order valence-electron chi connectivity index (χ4n) is 2.71. The highest BCUT2D eigenvalue weighted by atomic mass is 19.1. The number of rotatable bonds is 6. The van der Waals surface area contributed by atoms with E-state index in [0.29, 0.717) is 30.3 Å². The molecule has 8 nitrogen and oxygen atoms in total. The largest absolute Gasteiger partial charge is 0.391 e. The highest BCUT2D eigenvalue weighted by Crippen LogP contribution is 2.19. The molecule has 1 amide bonds. The van der Waals surface area contributed by atoms with Gasteiger partial charge < -0.3 is 14.7 Å². The number of carbonyl (C=O) groups is 1. The lowest BCUT2D eigenvalue weighted by Crippen LogP contribution is -2.30. The van der Waals surface area contributed by atoms with Gasteiger partial charge in [-0.05, 0) is 29.8 Å². The predicted molar refractivity (Wildman–Crippen MR) is 96.4 cm³/mol. The summed E-state index contributed by atoms with van der Waals surface area (Å²) in [5.41, 5.74) is 1.88. The first kappa shape index (κ1) is 17.8. The van der Waals surface area contributed by atoms with Crippen LogP contribution in [-0.4, -0.2) is 32.8 Å². The van der Waals surface area contributed by atoms with Crippen LogP contribution in [0.3, 0.4) is 0 Å². The lowest BCUT2D eigenvalue weighted by Gasteiger charge is -2.05. The Kier molecular flexibility index (Phi) is 5.05. The van der Waals surface area contributed by atoms with Gasteiger partial charge in [0.05, 0.1) is 6.42 Å². The third-order valence-electron chi connectivity index (χ3n) is 4.17. The predicted octanol–water partition coefficient (Wildman–Crippen LogP) is 2.27. The van der Waals surface area contributed by atoms with Gasteiger partial charge in [-0.15, -0.1) is 0 Å². The van der Waals surface area contributed by atoms with Gasteiger partial charge in [-0.3, -0.25) is 9.78 Å². The standard InChI is InChI=1S/C19H16FN5O3/c20-14-3-1-12(2-4-14)11-22-19(26)16-9-15(27-24-16)10-17-23-18(25-28-17)13-5-7-21-8-6-13/h1-8,15H,9-11H2,(H,22,26). The van der Waals surface area contributed by atoms with Crippen molar-refractivity contribution in [3.8, 4) is 11.4 Å². The molecule has 0 spiro atoms. The second-order valence-corrected chi connectivity index (χ2v) is 6.23. The van der Waals surface area contributed by atoms with Gasteiger partial charge >= 0.3 is 0 Å². The maximum atomic E-state index is 12.9. The number of aromatic nitrogens is 3. The summed E-state index contributed by atoms with van der Waals surface area (Å²) >= 11 is 0. The average molecular weight is 381 g/mol. The van der Waals surface area contributed by atoms with Gasteiger partial charge in [-0.2, -0.15) is 4.98 Å². The lowest BCUT2D eigenvalue weighted by molar-refractivity contribution is -0.115. The SMILES string of the molecule is O=C(NCc1ccc(F)cc1)C1=NOC(Cc2nc(-c3ccncc3)no2)C1. The Balaban J connectivity index is 1.28. The molecule has 3 aromatic rings. The van der Waals surface area contributed by atoms with Crippen molar-refractivity contribution in [3.63, 3.8) is 0 Å². The maximum Gasteiger partial charge on any atom is 0.269 e. The summed E-state index contributed by atoms with van der Waals surface area (Å²) in [6, 6.07) is 9.49. The number of nitrogens with one attached hydrogen (secondary N) is 1. The molecule has 0 fully saturated rings. The lowest BCUT2D eigenvalue weighted by atomic mass is 10.1. The third-order valence-corrected chi connectivity index (χ3v) is 4.17. The third kappa shape index (κ3) is 4.20. The smallest absolute Gasteiger partial charge is 0.269 e. The van der Waals surface area contributed by atoms with E-state index in [0.717, 1.165) is 11.1 Å². The zero-order valence-corrected chi connectivity index (χ0v) is 14.7. The van der Waals surface area contributed by atoms with Crippen LogP contribution in [0.5, 0.6) is 0 Å². The average Bonchev–Trinajstić information content (AvgIpc) is 3.38. The molecule has 3 heterocycles. The minimum absolute atomic E-state index is 0.280. The normalized spacial score (nSPS) is 15.8. The first-order valence-corrected chi connectivity index (χ1v) is 8.66. The molecular weight excluding hydrogens is 365 g/mol. The van der Waals surface area contributed by atoms with Gasteiger partial charge in [0.1, 0.15) is 17.6 Å². The Morgan fingerprint density at radius 2 is 1.96 bits per heavy atom. The van der Waals surface area contributed by atoms with Crippen LogP contribution in [0.2, 0.25) is 0 Å². The molecule has 9 heteroatoms. The number of oxime groups is 1. The van der Waals surface area contributed by atoms with Gasteiger partial charge in [0.25, 0.3) is 5.91 Å². The zero-order valence-electron chi connectivity index (χ0n) is 14.7. The maximum absolute atomic E-state index is 12.9. The van der Waals surface area contributed by atoms with E-state index >= 15 is 0 Å². The summed E-state index contributed by atoms with van der Waals surface area (Å²) in [4.78, 5) is 25.8. The summed E-state index contributed by atoms with van der Waals surface area (Å²) in [6.07, 6.45) is 3.63. The van der Waals surface area contributed by atoms with Crippen molar-refractivity contribution in [2.75, 3.05) is 0 Å². The van der Waals surface area contributed by atoms with E-state index in [4.69, 9.17) is 9.36 Å². The van der Waals surface area contributed by atoms with Crippen LogP contribution in [0.1, 0.15) is 17.9 Å². The fourth-order valence-corrected chi connectivity index (χ4v) is 2.71. The van der Waals surface area contributed by atoms with Crippen molar-refractivity contribution in [1.82, 2.24) is 20.4 Å². The topological polar surface area (TPSA) is 102 Å². The Bertz CT molecular complexity index is 988. The summed E-state index contributed by atoms with van der Waals surface area (Å²) in [6.45, 7) is 0.280. The molecule has 0 aliphatic carbocycles. The van der Waals surface area contributed by atoms with Crippen LogP contribution in [0.25, 0.3) is 11.4 Å². The highest BCUT2D eigenvalue weighted by molar-refractivity contribution is 6.39. The number of benzene rings is 1. The van der Waals surface area contributed by atoms with Crippen molar-refractivity contribution in [2.24, 2.45) is 5.16 Å². The molecule has 0 bridgehead atoms. The quantitative estimate of drug-likeness (QED) is 0.703. The molecule has 1 aliphatic rings.